The molecule has 0 saturated carbocycles. The Bertz CT molecular complexity index is 876. The van der Waals surface area contributed by atoms with Crippen LogP contribution in [0.25, 0.3) is 0 Å². The smallest absolute Gasteiger partial charge is 0.283 e. The first-order valence-corrected chi connectivity index (χ1v) is 9.72. The van der Waals surface area contributed by atoms with Crippen molar-refractivity contribution in [2.75, 3.05) is 13.7 Å². The van der Waals surface area contributed by atoms with Crippen molar-refractivity contribution in [2.24, 2.45) is 4.99 Å². The van der Waals surface area contributed by atoms with Crippen LogP contribution < -0.4 is 9.54 Å². The maximum Gasteiger partial charge on any atom is 0.283 e. The number of aromatic nitrogens is 1. The predicted molar refractivity (Wildman–Crippen MR) is 103 cm³/mol. The number of ether oxygens (including phenoxy) is 2. The van der Waals surface area contributed by atoms with Crippen molar-refractivity contribution >= 4 is 28.8 Å². The lowest BCUT2D eigenvalue weighted by atomic mass is 9.95. The molecule has 1 atom stereocenters. The molecule has 2 aromatic rings. The van der Waals surface area contributed by atoms with Crippen LogP contribution in [0.5, 0.6) is 5.75 Å². The number of carbonyl (C=O) groups is 1. The third-order valence-electron chi connectivity index (χ3n) is 4.24. The molecule has 1 aliphatic heterocycles. The standard InChI is InChI=1S/C19H23ClN2O3S/c1-19(2,3)16-11-22(10-13-7-8-25-13)18(26-16)21-17(23)14-9-12(20)5-6-15(14)24-4/h5-6,9,11,13H,7-8,10H2,1-4H3/b21-18-. The Hall–Kier alpha value is -1.63. The molecular formula is C19H23ClN2O3S. The molecule has 1 fully saturated rings. The SMILES string of the molecule is COc1ccc(Cl)cc1C(=O)/N=c1\sc(C(C)(C)C)cn1CC1CCO1. The van der Waals surface area contributed by atoms with Gasteiger partial charge in [-0.1, -0.05) is 32.4 Å². The average molecular weight is 395 g/mol. The van der Waals surface area contributed by atoms with Crippen molar-refractivity contribution in [1.82, 2.24) is 4.57 Å². The number of benzene rings is 1. The number of amides is 1. The predicted octanol–water partition coefficient (Wildman–Crippen LogP) is 4.04. The highest BCUT2D eigenvalue weighted by Crippen LogP contribution is 2.26. The van der Waals surface area contributed by atoms with Gasteiger partial charge in [0.25, 0.3) is 5.91 Å². The van der Waals surface area contributed by atoms with Crippen LogP contribution in [0.1, 0.15) is 42.4 Å². The van der Waals surface area contributed by atoms with E-state index in [-0.39, 0.29) is 17.4 Å². The molecular weight excluding hydrogens is 372 g/mol. The van der Waals surface area contributed by atoms with Crippen molar-refractivity contribution in [2.45, 2.75) is 45.3 Å². The minimum Gasteiger partial charge on any atom is -0.496 e. The van der Waals surface area contributed by atoms with Crippen LogP contribution in [0.2, 0.25) is 5.02 Å². The van der Waals surface area contributed by atoms with Gasteiger partial charge >= 0.3 is 0 Å². The molecule has 5 nitrogen and oxygen atoms in total. The lowest BCUT2D eigenvalue weighted by Gasteiger charge is -2.26. The Morgan fingerprint density at radius 2 is 2.19 bits per heavy atom. The Morgan fingerprint density at radius 3 is 2.77 bits per heavy atom. The first kappa shape index (κ1) is 19.1. The highest BCUT2D eigenvalue weighted by molar-refractivity contribution is 7.09. The normalized spacial score (nSPS) is 17.9. The van der Waals surface area contributed by atoms with Crippen molar-refractivity contribution in [3.63, 3.8) is 0 Å². The molecule has 0 radical (unpaired) electrons. The summed E-state index contributed by atoms with van der Waals surface area (Å²) in [5, 5.41) is 0.474. The number of thiazole rings is 1. The first-order chi connectivity index (χ1) is 12.3. The monoisotopic (exact) mass is 394 g/mol. The fourth-order valence-corrected chi connectivity index (χ4v) is 3.81. The number of hydrogen-bond acceptors (Lipinski definition) is 4. The van der Waals surface area contributed by atoms with Gasteiger partial charge in [0.2, 0.25) is 0 Å². The summed E-state index contributed by atoms with van der Waals surface area (Å²) in [7, 11) is 1.52. The molecule has 0 spiro atoms. The lowest BCUT2D eigenvalue weighted by molar-refractivity contribution is -0.0596. The molecule has 1 aliphatic rings. The fraction of sp³-hybridized carbons (Fsp3) is 0.474. The van der Waals surface area contributed by atoms with Crippen LogP contribution in [0.3, 0.4) is 0 Å². The summed E-state index contributed by atoms with van der Waals surface area (Å²) in [5.74, 6) is 0.0968. The molecule has 26 heavy (non-hydrogen) atoms. The summed E-state index contributed by atoms with van der Waals surface area (Å²) in [5.41, 5.74) is 0.342. The van der Waals surface area contributed by atoms with Crippen LogP contribution >= 0.6 is 22.9 Å². The highest BCUT2D eigenvalue weighted by Gasteiger charge is 2.23. The van der Waals surface area contributed by atoms with E-state index in [1.54, 1.807) is 18.2 Å². The summed E-state index contributed by atoms with van der Waals surface area (Å²) in [4.78, 5) is 19.0. The van der Waals surface area contributed by atoms with Crippen molar-refractivity contribution in [3.05, 3.63) is 44.7 Å². The molecule has 0 bridgehead atoms. The van der Waals surface area contributed by atoms with Gasteiger partial charge in [-0.2, -0.15) is 4.99 Å². The number of rotatable bonds is 4. The van der Waals surface area contributed by atoms with Gasteiger partial charge in [0.15, 0.2) is 4.80 Å². The summed E-state index contributed by atoms with van der Waals surface area (Å²) in [6, 6.07) is 4.95. The Kier molecular flexibility index (Phi) is 5.55. The third kappa shape index (κ3) is 4.19. The van der Waals surface area contributed by atoms with E-state index in [2.05, 4.69) is 32.0 Å². The Balaban J connectivity index is 2.02. The molecule has 3 rings (SSSR count). The molecule has 0 N–H and O–H groups in total. The molecule has 1 amide bonds. The van der Waals surface area contributed by atoms with Gasteiger partial charge in [0, 0.05) is 22.7 Å². The van der Waals surface area contributed by atoms with E-state index in [1.165, 1.54) is 23.3 Å². The zero-order valence-electron chi connectivity index (χ0n) is 15.4. The molecule has 140 valence electrons. The van der Waals surface area contributed by atoms with Crippen LogP contribution in [0, 0.1) is 0 Å². The van der Waals surface area contributed by atoms with Gasteiger partial charge in [-0.05, 0) is 30.0 Å². The molecule has 1 aromatic carbocycles. The van der Waals surface area contributed by atoms with E-state index < -0.39 is 0 Å². The Morgan fingerprint density at radius 1 is 1.46 bits per heavy atom. The molecule has 7 heteroatoms. The van der Waals surface area contributed by atoms with Gasteiger partial charge in [0.05, 0.1) is 25.3 Å². The number of hydrogen-bond donors (Lipinski definition) is 0. The number of halogens is 1. The van der Waals surface area contributed by atoms with E-state index in [9.17, 15) is 4.79 Å². The number of carbonyl (C=O) groups excluding carboxylic acids is 1. The molecule has 1 aromatic heterocycles. The van der Waals surface area contributed by atoms with Gasteiger partial charge < -0.3 is 14.0 Å². The van der Waals surface area contributed by atoms with Crippen LogP contribution in [-0.4, -0.2) is 30.3 Å². The maximum atomic E-state index is 12.8. The highest BCUT2D eigenvalue weighted by atomic mass is 35.5. The fourth-order valence-electron chi connectivity index (χ4n) is 2.59. The molecule has 1 saturated heterocycles. The second-order valence-corrected chi connectivity index (χ2v) is 8.77. The van der Waals surface area contributed by atoms with Crippen LogP contribution in [0.4, 0.5) is 0 Å². The van der Waals surface area contributed by atoms with Crippen LogP contribution in [0.15, 0.2) is 29.4 Å². The minimum atomic E-state index is -0.366. The summed E-state index contributed by atoms with van der Waals surface area (Å²) in [6.45, 7) is 7.94. The van der Waals surface area contributed by atoms with E-state index in [0.717, 1.165) is 13.0 Å². The number of nitrogens with zero attached hydrogens (tertiary/aromatic N) is 2. The average Bonchev–Trinajstić information content (AvgIpc) is 2.94. The molecule has 0 aliphatic carbocycles. The largest absolute Gasteiger partial charge is 0.496 e. The maximum absolute atomic E-state index is 12.8. The van der Waals surface area contributed by atoms with Gasteiger partial charge in [-0.25, -0.2) is 0 Å². The second-order valence-electron chi connectivity index (χ2n) is 7.32. The quantitative estimate of drug-likeness (QED) is 0.786. The second kappa shape index (κ2) is 7.55. The van der Waals surface area contributed by atoms with Gasteiger partial charge in [0.1, 0.15) is 5.75 Å². The third-order valence-corrected chi connectivity index (χ3v) is 5.92. The van der Waals surface area contributed by atoms with Crippen molar-refractivity contribution in [1.29, 1.82) is 0 Å². The zero-order chi connectivity index (χ0) is 18.9. The van der Waals surface area contributed by atoms with E-state index in [4.69, 9.17) is 21.1 Å². The van der Waals surface area contributed by atoms with Gasteiger partial charge in [-0.3, -0.25) is 4.79 Å². The van der Waals surface area contributed by atoms with Crippen molar-refractivity contribution < 1.29 is 14.3 Å². The lowest BCUT2D eigenvalue weighted by Crippen LogP contribution is -2.34. The van der Waals surface area contributed by atoms with E-state index >= 15 is 0 Å². The topological polar surface area (TPSA) is 52.8 Å². The van der Waals surface area contributed by atoms with E-state index in [0.29, 0.717) is 27.7 Å². The van der Waals surface area contributed by atoms with Gasteiger partial charge in [-0.15, -0.1) is 11.3 Å². The Labute approximate surface area is 162 Å². The van der Waals surface area contributed by atoms with Crippen molar-refractivity contribution in [3.8, 4) is 5.75 Å². The molecule has 2 heterocycles. The van der Waals surface area contributed by atoms with E-state index in [1.807, 2.05) is 4.57 Å². The minimum absolute atomic E-state index is 0.0164. The number of methoxy groups -OCH3 is 1. The summed E-state index contributed by atoms with van der Waals surface area (Å²) >= 11 is 7.57. The first-order valence-electron chi connectivity index (χ1n) is 8.53. The molecule has 1 unspecified atom stereocenters. The zero-order valence-corrected chi connectivity index (χ0v) is 17.0. The van der Waals surface area contributed by atoms with Crippen LogP contribution in [-0.2, 0) is 16.7 Å². The summed E-state index contributed by atoms with van der Waals surface area (Å²) < 4.78 is 12.8. The summed E-state index contributed by atoms with van der Waals surface area (Å²) in [6.07, 6.45) is 3.30.